The molecule has 3 aromatic rings. The molecule has 1 unspecified atom stereocenters. The maximum absolute atomic E-state index is 13.5. The van der Waals surface area contributed by atoms with Gasteiger partial charge in [-0.25, -0.2) is 4.99 Å². The summed E-state index contributed by atoms with van der Waals surface area (Å²) in [5, 5.41) is 0.684. The average Bonchev–Trinajstić information content (AvgIpc) is 3.12. The molecule has 6 heteroatoms. The maximum Gasteiger partial charge on any atom is 0.267 e. The fourth-order valence-electron chi connectivity index (χ4n) is 4.85. The number of amides is 1. The summed E-state index contributed by atoms with van der Waals surface area (Å²) in [6.07, 6.45) is 6.63. The van der Waals surface area contributed by atoms with Crippen molar-refractivity contribution < 1.29 is 4.79 Å². The van der Waals surface area contributed by atoms with Crippen LogP contribution in [0.4, 0.5) is 11.4 Å². The van der Waals surface area contributed by atoms with Crippen molar-refractivity contribution in [2.24, 2.45) is 4.99 Å². The number of anilines is 1. The fourth-order valence-corrected chi connectivity index (χ4v) is 5.85. The molecule has 5 rings (SSSR count). The molecule has 2 aromatic carbocycles. The molecule has 178 valence electrons. The highest BCUT2D eigenvalue weighted by Gasteiger charge is 2.35. The van der Waals surface area contributed by atoms with Crippen LogP contribution in [0.25, 0.3) is 6.08 Å². The molecule has 1 atom stereocenters. The molecule has 35 heavy (non-hydrogen) atoms. The minimum absolute atomic E-state index is 0.0300. The number of aliphatic imine (C=N–C) groups is 1. The fraction of sp³-hybridized carbons (Fsp3) is 0.276. The van der Waals surface area contributed by atoms with Crippen molar-refractivity contribution in [3.05, 3.63) is 94.7 Å². The summed E-state index contributed by atoms with van der Waals surface area (Å²) in [4.78, 5) is 27.3. The number of hydrogen-bond acceptors (Lipinski definition) is 5. The summed E-state index contributed by atoms with van der Waals surface area (Å²) in [6.45, 7) is 7.31. The van der Waals surface area contributed by atoms with Gasteiger partial charge in [0, 0.05) is 30.7 Å². The predicted octanol–water partition coefficient (Wildman–Crippen LogP) is 6.61. The van der Waals surface area contributed by atoms with Crippen molar-refractivity contribution >= 4 is 40.3 Å². The van der Waals surface area contributed by atoms with Crippen LogP contribution < -0.4 is 4.90 Å². The molecule has 1 amide bonds. The predicted molar refractivity (Wildman–Crippen MR) is 146 cm³/mol. The van der Waals surface area contributed by atoms with E-state index in [9.17, 15) is 4.79 Å². The van der Waals surface area contributed by atoms with Crippen LogP contribution in [0.1, 0.15) is 49.8 Å². The third-order valence-corrected chi connectivity index (χ3v) is 7.89. The van der Waals surface area contributed by atoms with E-state index in [0.29, 0.717) is 22.5 Å². The van der Waals surface area contributed by atoms with Crippen molar-refractivity contribution in [2.45, 2.75) is 45.2 Å². The zero-order valence-corrected chi connectivity index (χ0v) is 21.4. The van der Waals surface area contributed by atoms with Crippen LogP contribution in [0.5, 0.6) is 0 Å². The number of fused-ring (bicyclic) bond motifs is 1. The topological polar surface area (TPSA) is 48.8 Å². The van der Waals surface area contributed by atoms with Crippen LogP contribution in [0.15, 0.2) is 83.0 Å². The standard InChI is InChI=1S/C29H30N4OS/c1-20-17-29(2,3)32(4)25-13-12-21(15-24(20)25)16-26-27(34)33(19-22-9-8-14-30-18-22)28(35-26)31-23-10-6-5-7-11-23/h5-16,18,20H,17,19H2,1-4H3/b26-16+,31-28?. The molecule has 1 fully saturated rings. The van der Waals surface area contributed by atoms with Crippen molar-refractivity contribution in [1.29, 1.82) is 0 Å². The van der Waals surface area contributed by atoms with Gasteiger partial charge in [-0.15, -0.1) is 0 Å². The number of thioether (sulfide) groups is 1. The number of hydrogen-bond donors (Lipinski definition) is 0. The van der Waals surface area contributed by atoms with Gasteiger partial charge in [0.1, 0.15) is 0 Å². The Bertz CT molecular complexity index is 1300. The van der Waals surface area contributed by atoms with Gasteiger partial charge in [0.25, 0.3) is 5.91 Å². The highest BCUT2D eigenvalue weighted by atomic mass is 32.2. The highest BCUT2D eigenvalue weighted by molar-refractivity contribution is 8.18. The Morgan fingerprint density at radius 3 is 2.69 bits per heavy atom. The molecule has 0 N–H and O–H groups in total. The summed E-state index contributed by atoms with van der Waals surface area (Å²) in [7, 11) is 2.17. The number of amidine groups is 1. The first-order valence-electron chi connectivity index (χ1n) is 11.9. The lowest BCUT2D eigenvalue weighted by Gasteiger charge is -2.45. The van der Waals surface area contributed by atoms with Gasteiger partial charge in [-0.1, -0.05) is 37.3 Å². The van der Waals surface area contributed by atoms with E-state index in [1.165, 1.54) is 23.0 Å². The Balaban J connectivity index is 1.49. The van der Waals surface area contributed by atoms with Crippen molar-refractivity contribution in [1.82, 2.24) is 9.88 Å². The van der Waals surface area contributed by atoms with Crippen LogP contribution in [-0.2, 0) is 11.3 Å². The SMILES string of the molecule is CC1CC(C)(C)N(C)c2ccc(/C=C3/SC(=Nc4ccccc4)N(Cc4cccnc4)C3=O)cc21. The van der Waals surface area contributed by atoms with Crippen LogP contribution in [-0.4, -0.2) is 33.5 Å². The lowest BCUT2D eigenvalue weighted by molar-refractivity contribution is -0.122. The zero-order chi connectivity index (χ0) is 24.6. The van der Waals surface area contributed by atoms with Crippen molar-refractivity contribution in [2.75, 3.05) is 11.9 Å². The van der Waals surface area contributed by atoms with E-state index in [-0.39, 0.29) is 11.4 Å². The molecule has 0 saturated carbocycles. The van der Waals surface area contributed by atoms with E-state index in [4.69, 9.17) is 4.99 Å². The first-order chi connectivity index (χ1) is 16.8. The van der Waals surface area contributed by atoms with E-state index >= 15 is 0 Å². The van der Waals surface area contributed by atoms with Gasteiger partial charge in [0.2, 0.25) is 0 Å². The van der Waals surface area contributed by atoms with Gasteiger partial charge < -0.3 is 4.90 Å². The third kappa shape index (κ3) is 4.76. The first kappa shape index (κ1) is 23.4. The Morgan fingerprint density at radius 1 is 1.14 bits per heavy atom. The second kappa shape index (κ2) is 9.34. The van der Waals surface area contributed by atoms with Gasteiger partial charge in [0.15, 0.2) is 5.17 Å². The number of pyridine rings is 1. The summed E-state index contributed by atoms with van der Waals surface area (Å²) in [6, 6.07) is 20.2. The molecule has 0 spiro atoms. The second-order valence-corrected chi connectivity index (χ2v) is 10.9. The Morgan fingerprint density at radius 2 is 1.94 bits per heavy atom. The third-order valence-electron chi connectivity index (χ3n) is 6.89. The van der Waals surface area contributed by atoms with Gasteiger partial charge >= 0.3 is 0 Å². The number of para-hydroxylation sites is 1. The zero-order valence-electron chi connectivity index (χ0n) is 20.6. The number of nitrogens with zero attached hydrogens (tertiary/aromatic N) is 4. The molecule has 1 aromatic heterocycles. The molecule has 0 bridgehead atoms. The van der Waals surface area contributed by atoms with E-state index in [0.717, 1.165) is 23.2 Å². The van der Waals surface area contributed by atoms with Crippen molar-refractivity contribution in [3.8, 4) is 0 Å². The summed E-state index contributed by atoms with van der Waals surface area (Å²) in [5.41, 5.74) is 5.57. The van der Waals surface area contributed by atoms with Crippen LogP contribution >= 0.6 is 11.8 Å². The lowest BCUT2D eigenvalue weighted by Crippen LogP contribution is -2.45. The molecule has 2 aliphatic rings. The number of carbonyl (C=O) groups is 1. The number of carbonyl (C=O) groups excluding carboxylic acids is 1. The smallest absolute Gasteiger partial charge is 0.267 e. The normalized spacial score (nSPS) is 21.6. The van der Waals surface area contributed by atoms with E-state index < -0.39 is 0 Å². The largest absolute Gasteiger partial charge is 0.369 e. The minimum Gasteiger partial charge on any atom is -0.369 e. The molecular formula is C29H30N4OS. The van der Waals surface area contributed by atoms with Gasteiger partial charge in [-0.3, -0.25) is 14.7 Å². The second-order valence-electron chi connectivity index (χ2n) is 9.89. The number of rotatable bonds is 4. The lowest BCUT2D eigenvalue weighted by atomic mass is 9.80. The van der Waals surface area contributed by atoms with Gasteiger partial charge in [-0.05, 0) is 91.0 Å². The van der Waals surface area contributed by atoms with E-state index in [1.54, 1.807) is 17.3 Å². The van der Waals surface area contributed by atoms with Crippen LogP contribution in [0.2, 0.25) is 0 Å². The molecule has 2 aliphatic heterocycles. The Hall–Kier alpha value is -3.38. The Labute approximate surface area is 211 Å². The first-order valence-corrected chi connectivity index (χ1v) is 12.8. The molecule has 5 nitrogen and oxygen atoms in total. The van der Waals surface area contributed by atoms with E-state index in [1.807, 2.05) is 48.5 Å². The van der Waals surface area contributed by atoms with Crippen LogP contribution in [0.3, 0.4) is 0 Å². The van der Waals surface area contributed by atoms with Gasteiger partial charge in [0.05, 0.1) is 17.1 Å². The van der Waals surface area contributed by atoms with Gasteiger partial charge in [-0.2, -0.15) is 0 Å². The summed E-state index contributed by atoms with van der Waals surface area (Å²) in [5.74, 6) is 0.427. The average molecular weight is 483 g/mol. The quantitative estimate of drug-likeness (QED) is 0.393. The van der Waals surface area contributed by atoms with Crippen LogP contribution in [0, 0.1) is 0 Å². The van der Waals surface area contributed by atoms with Crippen molar-refractivity contribution in [3.63, 3.8) is 0 Å². The number of aromatic nitrogens is 1. The molecule has 0 aliphatic carbocycles. The summed E-state index contributed by atoms with van der Waals surface area (Å²) < 4.78 is 0. The molecule has 3 heterocycles. The Kier molecular flexibility index (Phi) is 6.24. The highest BCUT2D eigenvalue weighted by Crippen LogP contribution is 2.43. The van der Waals surface area contributed by atoms with E-state index in [2.05, 4.69) is 55.9 Å². The molecular weight excluding hydrogens is 452 g/mol. The maximum atomic E-state index is 13.5. The molecule has 1 saturated heterocycles. The summed E-state index contributed by atoms with van der Waals surface area (Å²) >= 11 is 1.43. The molecule has 0 radical (unpaired) electrons. The minimum atomic E-state index is -0.0300. The number of benzene rings is 2. The monoisotopic (exact) mass is 482 g/mol.